The van der Waals surface area contributed by atoms with Gasteiger partial charge in [0.2, 0.25) is 16.0 Å². The number of hydrogen-bond donors (Lipinski definition) is 4. The lowest BCUT2D eigenvalue weighted by atomic mass is 9.93. The second-order valence-corrected chi connectivity index (χ2v) is 10.8. The van der Waals surface area contributed by atoms with Crippen LogP contribution in [0.4, 0.5) is 17.5 Å². The van der Waals surface area contributed by atoms with E-state index in [0.29, 0.717) is 40.7 Å². The molecule has 12 heteroatoms. The molecule has 0 atom stereocenters. The first kappa shape index (κ1) is 25.1. The minimum Gasteiger partial charge on any atom is -0.393 e. The van der Waals surface area contributed by atoms with E-state index < -0.39 is 10.0 Å². The molecule has 1 aliphatic rings. The summed E-state index contributed by atoms with van der Waals surface area (Å²) in [4.78, 5) is 18.3. The predicted molar refractivity (Wildman–Crippen MR) is 141 cm³/mol. The third-order valence-corrected chi connectivity index (χ3v) is 7.91. The van der Waals surface area contributed by atoms with Gasteiger partial charge >= 0.3 is 0 Å². The van der Waals surface area contributed by atoms with Crippen LogP contribution in [0.3, 0.4) is 0 Å². The summed E-state index contributed by atoms with van der Waals surface area (Å²) in [6.07, 6.45) is 7.91. The molecule has 1 aliphatic carbocycles. The quantitative estimate of drug-likeness (QED) is 0.260. The van der Waals surface area contributed by atoms with E-state index in [1.54, 1.807) is 55.1 Å². The molecule has 4 aromatic rings. The second kappa shape index (κ2) is 10.8. The zero-order chi connectivity index (χ0) is 25.8. The van der Waals surface area contributed by atoms with Crippen molar-refractivity contribution in [1.82, 2.24) is 29.2 Å². The molecule has 0 saturated heterocycles. The molecular formula is C25H30N8O3S. The van der Waals surface area contributed by atoms with Crippen LogP contribution in [0, 0.1) is 0 Å². The van der Waals surface area contributed by atoms with Gasteiger partial charge in [-0.15, -0.1) is 0 Å². The summed E-state index contributed by atoms with van der Waals surface area (Å²) in [5.41, 5.74) is 2.61. The molecule has 0 aliphatic heterocycles. The van der Waals surface area contributed by atoms with Crippen molar-refractivity contribution in [3.05, 3.63) is 60.7 Å². The van der Waals surface area contributed by atoms with Crippen LogP contribution in [0.5, 0.6) is 0 Å². The maximum atomic E-state index is 12.7. The molecule has 11 nitrogen and oxygen atoms in total. The van der Waals surface area contributed by atoms with Crippen LogP contribution >= 0.6 is 0 Å². The maximum absolute atomic E-state index is 12.7. The van der Waals surface area contributed by atoms with Gasteiger partial charge in [-0.05, 0) is 50.8 Å². The molecule has 0 spiro atoms. The zero-order valence-corrected chi connectivity index (χ0v) is 21.3. The van der Waals surface area contributed by atoms with Crippen LogP contribution in [0.15, 0.2) is 60.0 Å². The molecule has 0 bridgehead atoms. The minimum atomic E-state index is -3.68. The Morgan fingerprint density at radius 1 is 1.08 bits per heavy atom. The summed E-state index contributed by atoms with van der Waals surface area (Å²) < 4.78 is 30.0. The van der Waals surface area contributed by atoms with Gasteiger partial charge in [-0.3, -0.25) is 4.98 Å². The Morgan fingerprint density at radius 2 is 1.86 bits per heavy atom. The third kappa shape index (κ3) is 5.71. The normalized spacial score (nSPS) is 18.1. The topological polar surface area (TPSA) is 147 Å². The van der Waals surface area contributed by atoms with Gasteiger partial charge in [0.05, 0.1) is 17.3 Å². The fourth-order valence-electron chi connectivity index (χ4n) is 4.40. The van der Waals surface area contributed by atoms with E-state index in [0.717, 1.165) is 25.7 Å². The van der Waals surface area contributed by atoms with Gasteiger partial charge in [0, 0.05) is 42.8 Å². The van der Waals surface area contributed by atoms with Crippen LogP contribution in [0.1, 0.15) is 38.2 Å². The Morgan fingerprint density at radius 3 is 2.62 bits per heavy atom. The molecule has 5 rings (SSSR count). The number of rotatable bonds is 9. The molecule has 194 valence electrons. The van der Waals surface area contributed by atoms with Gasteiger partial charge in [-0.2, -0.15) is 9.97 Å². The number of imidazole rings is 1. The first-order chi connectivity index (χ1) is 17.9. The number of aliphatic hydroxyl groups is 1. The number of benzene rings is 1. The van der Waals surface area contributed by atoms with Crippen LogP contribution in [0.25, 0.3) is 11.2 Å². The highest BCUT2D eigenvalue weighted by Crippen LogP contribution is 2.28. The highest BCUT2D eigenvalue weighted by Gasteiger charge is 2.22. The zero-order valence-electron chi connectivity index (χ0n) is 20.5. The van der Waals surface area contributed by atoms with Crippen molar-refractivity contribution >= 4 is 38.6 Å². The lowest BCUT2D eigenvalue weighted by Crippen LogP contribution is -2.29. The number of aryl methyl sites for hydroxylation is 1. The van der Waals surface area contributed by atoms with E-state index in [4.69, 9.17) is 9.97 Å². The molecule has 0 unspecified atom stereocenters. The van der Waals surface area contributed by atoms with Crippen molar-refractivity contribution in [3.63, 3.8) is 0 Å². The molecule has 4 N–H and O–H groups in total. The highest BCUT2D eigenvalue weighted by molar-refractivity contribution is 7.89. The first-order valence-corrected chi connectivity index (χ1v) is 13.8. The molecular weight excluding hydrogens is 492 g/mol. The third-order valence-electron chi connectivity index (χ3n) is 6.50. The van der Waals surface area contributed by atoms with Crippen molar-refractivity contribution in [2.24, 2.45) is 0 Å². The van der Waals surface area contributed by atoms with Gasteiger partial charge in [0.15, 0.2) is 17.0 Å². The van der Waals surface area contributed by atoms with Crippen molar-refractivity contribution < 1.29 is 13.5 Å². The van der Waals surface area contributed by atoms with Gasteiger partial charge in [-0.25, -0.2) is 18.1 Å². The van der Waals surface area contributed by atoms with E-state index in [2.05, 4.69) is 25.3 Å². The average molecular weight is 523 g/mol. The smallest absolute Gasteiger partial charge is 0.240 e. The SMILES string of the molecule is CCn1cnc2c(Nc3ccncc3CNS(=O)(=O)c3ccccc3)nc(NC3CCC(O)CC3)nc21. The summed E-state index contributed by atoms with van der Waals surface area (Å²) in [5, 5.41) is 16.6. The van der Waals surface area contributed by atoms with Gasteiger partial charge < -0.3 is 20.3 Å². The lowest BCUT2D eigenvalue weighted by molar-refractivity contribution is 0.126. The Labute approximate surface area is 215 Å². The van der Waals surface area contributed by atoms with E-state index in [-0.39, 0.29) is 23.6 Å². The standard InChI is InChI=1S/C25H30N8O3S/c1-2-33-16-27-22-23(31-25(32-24(22)33)29-18-8-10-19(34)11-9-18)30-21-12-13-26-14-17(21)15-28-37(35,36)20-6-4-3-5-7-20/h3-7,12-14,16,18-19,28,34H,2,8-11,15H2,1H3,(H2,26,29,30,31,32). The number of nitrogens with zero attached hydrogens (tertiary/aromatic N) is 5. The summed E-state index contributed by atoms with van der Waals surface area (Å²) in [7, 11) is -3.68. The number of nitrogens with one attached hydrogen (secondary N) is 3. The minimum absolute atomic E-state index is 0.0422. The number of pyridine rings is 1. The maximum Gasteiger partial charge on any atom is 0.240 e. The molecule has 1 aromatic carbocycles. The summed E-state index contributed by atoms with van der Waals surface area (Å²) in [6.45, 7) is 2.76. The van der Waals surface area contributed by atoms with Gasteiger partial charge in [0.1, 0.15) is 0 Å². The molecule has 3 aromatic heterocycles. The number of fused-ring (bicyclic) bond motifs is 1. The van der Waals surface area contributed by atoms with E-state index >= 15 is 0 Å². The summed E-state index contributed by atoms with van der Waals surface area (Å²) in [6, 6.07) is 10.2. The van der Waals surface area contributed by atoms with Crippen molar-refractivity contribution in [3.8, 4) is 0 Å². The van der Waals surface area contributed by atoms with Crippen LogP contribution in [-0.2, 0) is 23.1 Å². The molecule has 3 heterocycles. The molecule has 1 fully saturated rings. The Balaban J connectivity index is 1.41. The Hall–Kier alpha value is -3.61. The van der Waals surface area contributed by atoms with E-state index in [9.17, 15) is 13.5 Å². The fourth-order valence-corrected chi connectivity index (χ4v) is 5.43. The monoisotopic (exact) mass is 522 g/mol. The molecule has 0 radical (unpaired) electrons. The van der Waals surface area contributed by atoms with Crippen LogP contribution in [-0.4, -0.2) is 50.2 Å². The van der Waals surface area contributed by atoms with Gasteiger partial charge in [-0.1, -0.05) is 18.2 Å². The molecule has 37 heavy (non-hydrogen) atoms. The van der Waals surface area contributed by atoms with Gasteiger partial charge in [0.25, 0.3) is 0 Å². The first-order valence-electron chi connectivity index (χ1n) is 12.3. The lowest BCUT2D eigenvalue weighted by Gasteiger charge is -2.26. The van der Waals surface area contributed by atoms with Crippen LogP contribution < -0.4 is 15.4 Å². The highest BCUT2D eigenvalue weighted by atomic mass is 32.2. The summed E-state index contributed by atoms with van der Waals surface area (Å²) in [5.74, 6) is 0.987. The summed E-state index contributed by atoms with van der Waals surface area (Å²) >= 11 is 0. The van der Waals surface area contributed by atoms with Crippen molar-refractivity contribution in [2.45, 2.75) is 62.7 Å². The van der Waals surface area contributed by atoms with Crippen molar-refractivity contribution in [1.29, 1.82) is 0 Å². The second-order valence-electron chi connectivity index (χ2n) is 9.04. The number of aromatic nitrogens is 5. The Kier molecular flexibility index (Phi) is 7.31. The Bertz CT molecular complexity index is 1470. The fraction of sp³-hybridized carbons (Fsp3) is 0.360. The largest absolute Gasteiger partial charge is 0.393 e. The predicted octanol–water partition coefficient (Wildman–Crippen LogP) is 3.18. The van der Waals surface area contributed by atoms with E-state index in [1.165, 1.54) is 0 Å². The van der Waals surface area contributed by atoms with Crippen molar-refractivity contribution in [2.75, 3.05) is 10.6 Å². The number of hydrogen-bond acceptors (Lipinski definition) is 9. The number of anilines is 3. The van der Waals surface area contributed by atoms with E-state index in [1.807, 2.05) is 11.5 Å². The molecule has 1 saturated carbocycles. The molecule has 0 amide bonds. The average Bonchev–Trinajstić information content (AvgIpc) is 3.33. The van der Waals surface area contributed by atoms with Crippen LogP contribution in [0.2, 0.25) is 0 Å². The number of sulfonamides is 1. The number of aliphatic hydroxyl groups excluding tert-OH is 1.